The molecule has 0 bridgehead atoms. The lowest BCUT2D eigenvalue weighted by atomic mass is 10.4. The fourth-order valence-electron chi connectivity index (χ4n) is 0.886. The van der Waals surface area contributed by atoms with Crippen molar-refractivity contribution >= 4 is 0 Å². The molecule has 0 amide bonds. The van der Waals surface area contributed by atoms with Gasteiger partial charge in [0.25, 0.3) is 0 Å². The minimum atomic E-state index is 0.897. The summed E-state index contributed by atoms with van der Waals surface area (Å²) in [6.45, 7) is 3.61. The van der Waals surface area contributed by atoms with Crippen LogP contribution in [-0.4, -0.2) is 43.4 Å². The van der Waals surface area contributed by atoms with Crippen LogP contribution in [-0.2, 0) is 4.84 Å². The van der Waals surface area contributed by atoms with E-state index in [2.05, 4.69) is 0 Å². The Morgan fingerprint density at radius 1 is 1.22 bits per heavy atom. The van der Waals surface area contributed by atoms with Crippen LogP contribution in [0.3, 0.4) is 0 Å². The summed E-state index contributed by atoms with van der Waals surface area (Å²) in [6.07, 6.45) is 0. The van der Waals surface area contributed by atoms with Gasteiger partial charge in [0, 0.05) is 26.2 Å². The standard InChI is InChI=1S/C5H13N3O/c1-9-8-4-2-7(6)3-5-8/h2-6H2,1H3. The van der Waals surface area contributed by atoms with Gasteiger partial charge < -0.3 is 4.84 Å². The van der Waals surface area contributed by atoms with E-state index in [0.29, 0.717) is 0 Å². The molecule has 4 nitrogen and oxygen atoms in total. The molecule has 4 heteroatoms. The Morgan fingerprint density at radius 3 is 2.22 bits per heavy atom. The summed E-state index contributed by atoms with van der Waals surface area (Å²) in [5.41, 5.74) is 0. The minimum Gasteiger partial charge on any atom is -0.302 e. The molecule has 0 aromatic carbocycles. The van der Waals surface area contributed by atoms with Crippen molar-refractivity contribution in [3.63, 3.8) is 0 Å². The second-order valence-electron chi connectivity index (χ2n) is 2.15. The monoisotopic (exact) mass is 131 g/mol. The van der Waals surface area contributed by atoms with Crippen LogP contribution in [0.15, 0.2) is 0 Å². The molecule has 9 heavy (non-hydrogen) atoms. The second kappa shape index (κ2) is 3.12. The first kappa shape index (κ1) is 6.95. The van der Waals surface area contributed by atoms with E-state index in [-0.39, 0.29) is 0 Å². The van der Waals surface area contributed by atoms with Crippen molar-refractivity contribution in [2.45, 2.75) is 0 Å². The zero-order valence-corrected chi connectivity index (χ0v) is 5.71. The number of hydrazine groups is 1. The van der Waals surface area contributed by atoms with E-state index in [1.165, 1.54) is 0 Å². The molecule has 1 aliphatic heterocycles. The topological polar surface area (TPSA) is 41.7 Å². The zero-order chi connectivity index (χ0) is 6.69. The number of nitrogens with zero attached hydrogens (tertiary/aromatic N) is 2. The summed E-state index contributed by atoms with van der Waals surface area (Å²) >= 11 is 0. The number of hydrogen-bond donors (Lipinski definition) is 1. The average Bonchev–Trinajstić information content (AvgIpc) is 1.90. The summed E-state index contributed by atoms with van der Waals surface area (Å²) in [5.74, 6) is 5.50. The third-order valence-electron chi connectivity index (χ3n) is 1.53. The summed E-state index contributed by atoms with van der Waals surface area (Å²) < 4.78 is 0. The highest BCUT2D eigenvalue weighted by Crippen LogP contribution is 1.95. The van der Waals surface area contributed by atoms with Gasteiger partial charge in [0.2, 0.25) is 0 Å². The highest BCUT2D eigenvalue weighted by atomic mass is 16.7. The summed E-state index contributed by atoms with van der Waals surface area (Å²) in [5, 5.41) is 3.71. The summed E-state index contributed by atoms with van der Waals surface area (Å²) in [6, 6.07) is 0. The fourth-order valence-corrected chi connectivity index (χ4v) is 0.886. The van der Waals surface area contributed by atoms with Crippen LogP contribution in [0, 0.1) is 0 Å². The van der Waals surface area contributed by atoms with Crippen molar-refractivity contribution in [2.24, 2.45) is 5.84 Å². The van der Waals surface area contributed by atoms with E-state index in [1.807, 2.05) is 5.06 Å². The molecule has 1 aliphatic rings. The third kappa shape index (κ3) is 1.91. The Balaban J connectivity index is 2.18. The Kier molecular flexibility index (Phi) is 2.41. The van der Waals surface area contributed by atoms with Crippen LogP contribution in [0.1, 0.15) is 0 Å². The Labute approximate surface area is 55.1 Å². The second-order valence-corrected chi connectivity index (χ2v) is 2.15. The molecule has 54 valence electrons. The van der Waals surface area contributed by atoms with Gasteiger partial charge in [-0.2, -0.15) is 5.06 Å². The van der Waals surface area contributed by atoms with E-state index >= 15 is 0 Å². The summed E-state index contributed by atoms with van der Waals surface area (Å²) in [7, 11) is 1.69. The van der Waals surface area contributed by atoms with Crippen molar-refractivity contribution in [3.8, 4) is 0 Å². The number of nitrogens with two attached hydrogens (primary N) is 1. The molecule has 1 rings (SSSR count). The van der Waals surface area contributed by atoms with Crippen molar-refractivity contribution in [2.75, 3.05) is 33.3 Å². The SMILES string of the molecule is CON1CCN(N)CC1. The number of hydrogen-bond acceptors (Lipinski definition) is 4. The van der Waals surface area contributed by atoms with Gasteiger partial charge in [-0.25, -0.2) is 5.01 Å². The maximum absolute atomic E-state index is 5.50. The van der Waals surface area contributed by atoms with Crippen LogP contribution >= 0.6 is 0 Å². The molecule has 0 aliphatic carbocycles. The first-order valence-electron chi connectivity index (χ1n) is 3.11. The number of rotatable bonds is 1. The van der Waals surface area contributed by atoms with Crippen molar-refractivity contribution in [1.82, 2.24) is 10.1 Å². The Bertz CT molecular complexity index is 80.3. The largest absolute Gasteiger partial charge is 0.302 e. The molecule has 1 fully saturated rings. The molecule has 0 aromatic heterocycles. The molecule has 0 aromatic rings. The van der Waals surface area contributed by atoms with Gasteiger partial charge in [-0.15, -0.1) is 0 Å². The van der Waals surface area contributed by atoms with Crippen LogP contribution < -0.4 is 5.84 Å². The van der Waals surface area contributed by atoms with E-state index in [9.17, 15) is 0 Å². The van der Waals surface area contributed by atoms with Gasteiger partial charge in [0.15, 0.2) is 0 Å². The summed E-state index contributed by atoms with van der Waals surface area (Å²) in [4.78, 5) is 4.99. The van der Waals surface area contributed by atoms with Gasteiger partial charge >= 0.3 is 0 Å². The molecule has 0 atom stereocenters. The Morgan fingerprint density at radius 2 is 1.78 bits per heavy atom. The highest BCUT2D eigenvalue weighted by molar-refractivity contribution is 4.60. The molecular weight excluding hydrogens is 118 g/mol. The number of hydroxylamine groups is 2. The molecule has 0 unspecified atom stereocenters. The molecule has 2 N–H and O–H groups in total. The molecule has 0 radical (unpaired) electrons. The van der Waals surface area contributed by atoms with Gasteiger partial charge in [-0.1, -0.05) is 0 Å². The number of piperazine rings is 1. The fraction of sp³-hybridized carbons (Fsp3) is 1.00. The lowest BCUT2D eigenvalue weighted by Gasteiger charge is -2.29. The van der Waals surface area contributed by atoms with Crippen molar-refractivity contribution < 1.29 is 4.84 Å². The van der Waals surface area contributed by atoms with E-state index in [4.69, 9.17) is 10.7 Å². The normalized spacial score (nSPS) is 24.7. The maximum atomic E-state index is 5.50. The molecule has 1 heterocycles. The van der Waals surface area contributed by atoms with E-state index in [0.717, 1.165) is 26.2 Å². The third-order valence-corrected chi connectivity index (χ3v) is 1.53. The lowest BCUT2D eigenvalue weighted by molar-refractivity contribution is -0.151. The molecule has 0 saturated carbocycles. The van der Waals surface area contributed by atoms with Gasteiger partial charge in [0.05, 0.1) is 7.11 Å². The van der Waals surface area contributed by atoms with Crippen LogP contribution in [0.2, 0.25) is 0 Å². The molecular formula is C5H13N3O. The van der Waals surface area contributed by atoms with Crippen molar-refractivity contribution in [1.29, 1.82) is 0 Å². The highest BCUT2D eigenvalue weighted by Gasteiger charge is 2.12. The average molecular weight is 131 g/mol. The van der Waals surface area contributed by atoms with E-state index in [1.54, 1.807) is 12.1 Å². The first-order valence-corrected chi connectivity index (χ1v) is 3.11. The Hall–Kier alpha value is -0.160. The smallest absolute Gasteiger partial charge is 0.0575 e. The van der Waals surface area contributed by atoms with Crippen LogP contribution in [0.25, 0.3) is 0 Å². The first-order chi connectivity index (χ1) is 4.33. The molecule has 0 spiro atoms. The predicted octanol–water partition coefficient (Wildman–Crippen LogP) is -0.961. The van der Waals surface area contributed by atoms with Gasteiger partial charge in [0.1, 0.15) is 0 Å². The van der Waals surface area contributed by atoms with Crippen molar-refractivity contribution in [3.05, 3.63) is 0 Å². The predicted molar refractivity (Wildman–Crippen MR) is 34.3 cm³/mol. The maximum Gasteiger partial charge on any atom is 0.0575 e. The van der Waals surface area contributed by atoms with Crippen LogP contribution in [0.5, 0.6) is 0 Å². The van der Waals surface area contributed by atoms with E-state index < -0.39 is 0 Å². The van der Waals surface area contributed by atoms with Gasteiger partial charge in [-0.3, -0.25) is 5.84 Å². The quantitative estimate of drug-likeness (QED) is 0.465. The van der Waals surface area contributed by atoms with Gasteiger partial charge in [-0.05, 0) is 0 Å². The lowest BCUT2D eigenvalue weighted by Crippen LogP contribution is -2.48. The zero-order valence-electron chi connectivity index (χ0n) is 5.71. The minimum absolute atomic E-state index is 0.897. The van der Waals surface area contributed by atoms with Crippen LogP contribution in [0.4, 0.5) is 0 Å². The molecule has 1 saturated heterocycles.